The maximum absolute atomic E-state index is 3.64. The van der Waals surface area contributed by atoms with Crippen molar-refractivity contribution in [3.05, 3.63) is 0 Å². The van der Waals surface area contributed by atoms with E-state index in [-0.39, 0.29) is 3.23 Å². The Morgan fingerprint density at radius 3 is 1.45 bits per heavy atom. The van der Waals surface area contributed by atoms with Crippen LogP contribution >= 0.6 is 63.7 Å². The van der Waals surface area contributed by atoms with Gasteiger partial charge in [-0.2, -0.15) is 0 Å². The van der Waals surface area contributed by atoms with E-state index in [1.807, 2.05) is 0 Å². The monoisotopic (exact) mass is 412 g/mol. The topological polar surface area (TPSA) is 0 Å². The van der Waals surface area contributed by atoms with Crippen molar-refractivity contribution in [2.75, 3.05) is 0 Å². The van der Waals surface area contributed by atoms with Crippen molar-refractivity contribution in [1.29, 1.82) is 0 Å². The maximum atomic E-state index is 3.64. The van der Waals surface area contributed by atoms with Crippen molar-refractivity contribution >= 4 is 63.7 Å². The number of hydrogen-bond acceptors (Lipinski definition) is 0. The van der Waals surface area contributed by atoms with Gasteiger partial charge in [-0.25, -0.2) is 0 Å². The highest BCUT2D eigenvalue weighted by atomic mass is 79.9. The summed E-state index contributed by atoms with van der Waals surface area (Å²) >= 11 is 14.3. The molecule has 0 heterocycles. The van der Waals surface area contributed by atoms with Gasteiger partial charge in [0, 0.05) is 9.65 Å². The van der Waals surface area contributed by atoms with Crippen molar-refractivity contribution in [1.82, 2.24) is 0 Å². The van der Waals surface area contributed by atoms with Crippen LogP contribution < -0.4 is 0 Å². The van der Waals surface area contributed by atoms with Crippen LogP contribution in [0.2, 0.25) is 0 Å². The summed E-state index contributed by atoms with van der Waals surface area (Å²) in [6.07, 6.45) is 2.14. The van der Waals surface area contributed by atoms with Crippen LogP contribution in [0.5, 0.6) is 0 Å². The van der Waals surface area contributed by atoms with E-state index in [1.165, 1.54) is 0 Å². The fourth-order valence-electron chi connectivity index (χ4n) is 0.906. The van der Waals surface area contributed by atoms with Gasteiger partial charge in [-0.1, -0.05) is 77.6 Å². The number of alkyl halides is 4. The second-order valence-corrected chi connectivity index (χ2v) is 10.1. The van der Waals surface area contributed by atoms with Gasteiger partial charge in [0.25, 0.3) is 0 Å². The molecule has 0 saturated carbocycles. The van der Waals surface area contributed by atoms with Crippen LogP contribution in [0.4, 0.5) is 0 Å². The highest BCUT2D eigenvalue weighted by Gasteiger charge is 2.25. The van der Waals surface area contributed by atoms with Gasteiger partial charge in [0.1, 0.15) is 0 Å². The normalized spacial score (nSPS) is 18.0. The Balaban J connectivity index is 3.79. The minimum atomic E-state index is 0.0752. The van der Waals surface area contributed by atoms with Gasteiger partial charge in [0.05, 0.1) is 3.23 Å². The lowest BCUT2D eigenvalue weighted by Crippen LogP contribution is -2.19. The summed E-state index contributed by atoms with van der Waals surface area (Å²) in [4.78, 5) is 1.07. The molecule has 0 radical (unpaired) electrons. The van der Waals surface area contributed by atoms with Gasteiger partial charge in [-0.05, 0) is 12.8 Å². The summed E-state index contributed by atoms with van der Waals surface area (Å²) in [7, 11) is 0. The third kappa shape index (κ3) is 8.26. The van der Waals surface area contributed by atoms with Gasteiger partial charge in [-0.3, -0.25) is 0 Å². The summed E-state index contributed by atoms with van der Waals surface area (Å²) in [6.45, 7) is 4.30. The van der Waals surface area contributed by atoms with Crippen LogP contribution in [0.15, 0.2) is 0 Å². The Kier molecular flexibility index (Phi) is 6.59. The molecule has 0 spiro atoms. The molecule has 0 aliphatic rings. The van der Waals surface area contributed by atoms with Crippen molar-refractivity contribution in [2.24, 2.45) is 0 Å². The lowest BCUT2D eigenvalue weighted by atomic mass is 10.2. The lowest BCUT2D eigenvalue weighted by molar-refractivity contribution is 0.678. The van der Waals surface area contributed by atoms with Crippen LogP contribution in [0, 0.1) is 0 Å². The van der Waals surface area contributed by atoms with E-state index in [9.17, 15) is 0 Å². The summed E-state index contributed by atoms with van der Waals surface area (Å²) in [5.41, 5.74) is 0. The molecule has 0 aliphatic heterocycles. The Bertz CT molecular complexity index is 97.0. The Labute approximate surface area is 102 Å². The molecule has 0 bridgehead atoms. The van der Waals surface area contributed by atoms with E-state index in [4.69, 9.17) is 0 Å². The molecule has 2 unspecified atom stereocenters. The van der Waals surface area contributed by atoms with Crippen LogP contribution in [-0.2, 0) is 0 Å². The van der Waals surface area contributed by atoms with Crippen molar-refractivity contribution in [2.45, 2.75) is 39.6 Å². The molecule has 11 heavy (non-hydrogen) atoms. The molecule has 0 aromatic carbocycles. The molecule has 0 aromatic rings. The first kappa shape index (κ1) is 12.9. The zero-order chi connectivity index (χ0) is 9.07. The summed E-state index contributed by atoms with van der Waals surface area (Å²) in [6, 6.07) is 0. The van der Waals surface area contributed by atoms with Gasteiger partial charge < -0.3 is 0 Å². The first-order chi connectivity index (χ1) is 4.83. The molecule has 0 rings (SSSR count). The third-order valence-corrected chi connectivity index (χ3v) is 3.10. The van der Waals surface area contributed by atoms with E-state index in [2.05, 4.69) is 77.6 Å². The van der Waals surface area contributed by atoms with Crippen LogP contribution in [0.3, 0.4) is 0 Å². The molecule has 0 aromatic heterocycles. The summed E-state index contributed by atoms with van der Waals surface area (Å²) < 4.78 is 0.0752. The molecular formula is C7H12Br4. The standard InChI is InChI=1S/C7H12Br4/c1-5(8)3-7(10,11)4-6(2)9/h5-6H,3-4H2,1-2H3. The molecule has 0 fully saturated rings. The highest BCUT2D eigenvalue weighted by Crippen LogP contribution is 2.39. The van der Waals surface area contributed by atoms with E-state index in [0.29, 0.717) is 9.65 Å². The second-order valence-electron chi connectivity index (χ2n) is 2.83. The van der Waals surface area contributed by atoms with E-state index >= 15 is 0 Å². The zero-order valence-corrected chi connectivity index (χ0v) is 12.9. The molecular weight excluding hydrogens is 404 g/mol. The quantitative estimate of drug-likeness (QED) is 0.578. The molecule has 68 valence electrons. The summed E-state index contributed by atoms with van der Waals surface area (Å²) in [5, 5.41) is 0. The predicted molar refractivity (Wildman–Crippen MR) is 66.6 cm³/mol. The third-order valence-electron chi connectivity index (χ3n) is 1.16. The molecule has 4 heteroatoms. The minimum absolute atomic E-state index is 0.0752. The zero-order valence-electron chi connectivity index (χ0n) is 6.58. The summed E-state index contributed by atoms with van der Waals surface area (Å²) in [5.74, 6) is 0. The molecule has 0 nitrogen and oxygen atoms in total. The van der Waals surface area contributed by atoms with Crippen LogP contribution in [-0.4, -0.2) is 12.9 Å². The van der Waals surface area contributed by atoms with E-state index in [0.717, 1.165) is 12.8 Å². The van der Waals surface area contributed by atoms with E-state index < -0.39 is 0 Å². The molecule has 0 saturated heterocycles. The van der Waals surface area contributed by atoms with Crippen molar-refractivity contribution in [3.63, 3.8) is 0 Å². The Morgan fingerprint density at radius 2 is 1.27 bits per heavy atom. The fourth-order valence-corrected chi connectivity index (χ4v) is 5.69. The average Bonchev–Trinajstić information content (AvgIpc) is 1.53. The molecule has 0 amide bonds. The van der Waals surface area contributed by atoms with Gasteiger partial charge >= 0.3 is 0 Å². The Morgan fingerprint density at radius 1 is 1.00 bits per heavy atom. The number of rotatable bonds is 4. The second kappa shape index (κ2) is 5.61. The van der Waals surface area contributed by atoms with Crippen molar-refractivity contribution in [3.8, 4) is 0 Å². The highest BCUT2D eigenvalue weighted by molar-refractivity contribution is 9.25. The van der Waals surface area contributed by atoms with Crippen LogP contribution in [0.1, 0.15) is 26.7 Å². The minimum Gasteiger partial charge on any atom is -0.0893 e. The largest absolute Gasteiger partial charge is 0.0893 e. The maximum Gasteiger partial charge on any atom is 0.0826 e. The fraction of sp³-hybridized carbons (Fsp3) is 1.00. The number of hydrogen-bond donors (Lipinski definition) is 0. The SMILES string of the molecule is CC(Br)CC(Br)(Br)CC(C)Br. The first-order valence-electron chi connectivity index (χ1n) is 3.49. The first-order valence-corrected chi connectivity index (χ1v) is 6.91. The van der Waals surface area contributed by atoms with Crippen LogP contribution in [0.25, 0.3) is 0 Å². The average molecular weight is 416 g/mol. The predicted octanol–water partition coefficient (Wildman–Crippen LogP) is 4.82. The lowest BCUT2D eigenvalue weighted by Gasteiger charge is -2.22. The number of halogens is 4. The molecule has 2 atom stereocenters. The molecule has 0 N–H and O–H groups in total. The van der Waals surface area contributed by atoms with Crippen molar-refractivity contribution < 1.29 is 0 Å². The van der Waals surface area contributed by atoms with Gasteiger partial charge in [-0.15, -0.1) is 0 Å². The Hall–Kier alpha value is 1.92. The smallest absolute Gasteiger partial charge is 0.0826 e. The molecule has 0 aliphatic carbocycles. The van der Waals surface area contributed by atoms with E-state index in [1.54, 1.807) is 0 Å². The van der Waals surface area contributed by atoms with Gasteiger partial charge in [0.15, 0.2) is 0 Å². The van der Waals surface area contributed by atoms with Gasteiger partial charge in [0.2, 0.25) is 0 Å².